The van der Waals surface area contributed by atoms with Crippen LogP contribution in [0.3, 0.4) is 0 Å². The maximum absolute atomic E-state index is 12.1. The average Bonchev–Trinajstić information content (AvgIpc) is 2.30. The second kappa shape index (κ2) is 6.78. The number of rotatable bonds is 5. The summed E-state index contributed by atoms with van der Waals surface area (Å²) < 4.78 is 0.665. The number of amides is 1. The van der Waals surface area contributed by atoms with Crippen molar-refractivity contribution in [3.63, 3.8) is 0 Å². The highest BCUT2D eigenvalue weighted by molar-refractivity contribution is 9.10. The summed E-state index contributed by atoms with van der Waals surface area (Å²) in [6.07, 6.45) is 2.10. The molecule has 18 heavy (non-hydrogen) atoms. The van der Waals surface area contributed by atoms with Crippen molar-refractivity contribution in [3.05, 3.63) is 28.2 Å². The fourth-order valence-electron chi connectivity index (χ4n) is 1.68. The van der Waals surface area contributed by atoms with Gasteiger partial charge in [0.05, 0.1) is 10.0 Å². The van der Waals surface area contributed by atoms with E-state index in [4.69, 9.17) is 5.73 Å². The van der Waals surface area contributed by atoms with Crippen molar-refractivity contribution in [2.75, 3.05) is 5.73 Å². The fourth-order valence-corrected chi connectivity index (χ4v) is 2.13. The Kier molecular flexibility index (Phi) is 5.66. The number of anilines is 1. The second-order valence-electron chi connectivity index (χ2n) is 5.05. The van der Waals surface area contributed by atoms with Gasteiger partial charge in [-0.05, 0) is 53.7 Å². The first kappa shape index (κ1) is 15.0. The maximum atomic E-state index is 12.1. The van der Waals surface area contributed by atoms with Gasteiger partial charge in [-0.25, -0.2) is 0 Å². The van der Waals surface area contributed by atoms with Crippen molar-refractivity contribution >= 4 is 27.5 Å². The predicted molar refractivity (Wildman–Crippen MR) is 79.6 cm³/mol. The summed E-state index contributed by atoms with van der Waals surface area (Å²) in [6.45, 7) is 6.40. The Morgan fingerprint density at radius 3 is 2.61 bits per heavy atom. The van der Waals surface area contributed by atoms with Gasteiger partial charge in [-0.15, -0.1) is 0 Å². The highest BCUT2D eigenvalue weighted by Crippen LogP contribution is 2.23. The number of halogens is 1. The van der Waals surface area contributed by atoms with Crippen LogP contribution >= 0.6 is 15.9 Å². The van der Waals surface area contributed by atoms with Crippen LogP contribution in [-0.4, -0.2) is 11.9 Å². The monoisotopic (exact) mass is 312 g/mol. The summed E-state index contributed by atoms with van der Waals surface area (Å²) in [5.41, 5.74) is 6.93. The van der Waals surface area contributed by atoms with Crippen LogP contribution in [0.4, 0.5) is 5.69 Å². The van der Waals surface area contributed by atoms with Gasteiger partial charge in [0.2, 0.25) is 0 Å². The first-order valence-electron chi connectivity index (χ1n) is 6.26. The van der Waals surface area contributed by atoms with Crippen LogP contribution in [0, 0.1) is 5.92 Å². The Hall–Kier alpha value is -1.03. The van der Waals surface area contributed by atoms with E-state index in [2.05, 4.69) is 35.1 Å². The van der Waals surface area contributed by atoms with Gasteiger partial charge >= 0.3 is 0 Å². The standard InChI is InChI=1S/C14H21BrN2O/c1-9(2)7-8-10(3)17-14(18)11-5-4-6-12(16)13(11)15/h4-6,9-10H,7-8,16H2,1-3H3,(H,17,18). The number of nitrogens with two attached hydrogens (primary N) is 1. The van der Waals surface area contributed by atoms with Crippen molar-refractivity contribution in [1.82, 2.24) is 5.32 Å². The van der Waals surface area contributed by atoms with E-state index >= 15 is 0 Å². The Balaban J connectivity index is 2.62. The zero-order chi connectivity index (χ0) is 13.7. The summed E-state index contributed by atoms with van der Waals surface area (Å²) in [4.78, 5) is 12.1. The molecule has 0 aliphatic heterocycles. The third-order valence-electron chi connectivity index (χ3n) is 2.83. The molecular formula is C14H21BrN2O. The molecule has 0 aromatic heterocycles. The third kappa shape index (κ3) is 4.33. The molecule has 3 N–H and O–H groups in total. The van der Waals surface area contributed by atoms with Gasteiger partial charge in [0.1, 0.15) is 0 Å². The number of nitrogen functional groups attached to an aromatic ring is 1. The van der Waals surface area contributed by atoms with Gasteiger partial charge in [0.25, 0.3) is 5.91 Å². The Bertz CT molecular complexity index is 418. The predicted octanol–water partition coefficient (Wildman–Crippen LogP) is 3.59. The van der Waals surface area contributed by atoms with E-state index in [0.29, 0.717) is 21.6 Å². The fraction of sp³-hybridized carbons (Fsp3) is 0.500. The molecule has 0 aliphatic carbocycles. The topological polar surface area (TPSA) is 55.1 Å². The molecule has 0 fully saturated rings. The first-order chi connectivity index (χ1) is 8.41. The molecule has 1 aromatic carbocycles. The SMILES string of the molecule is CC(C)CCC(C)NC(=O)c1cccc(N)c1Br. The highest BCUT2D eigenvalue weighted by atomic mass is 79.9. The van der Waals surface area contributed by atoms with Crippen LogP contribution < -0.4 is 11.1 Å². The van der Waals surface area contributed by atoms with E-state index in [-0.39, 0.29) is 11.9 Å². The molecule has 1 rings (SSSR count). The van der Waals surface area contributed by atoms with Crippen LogP contribution in [0.5, 0.6) is 0 Å². The average molecular weight is 313 g/mol. The molecule has 0 bridgehead atoms. The zero-order valence-electron chi connectivity index (χ0n) is 11.2. The molecule has 1 amide bonds. The first-order valence-corrected chi connectivity index (χ1v) is 7.06. The lowest BCUT2D eigenvalue weighted by Crippen LogP contribution is -2.33. The minimum atomic E-state index is -0.0783. The van der Waals surface area contributed by atoms with Gasteiger partial charge in [-0.3, -0.25) is 4.79 Å². The van der Waals surface area contributed by atoms with E-state index in [1.807, 2.05) is 6.92 Å². The normalized spacial score (nSPS) is 12.5. The van der Waals surface area contributed by atoms with Crippen LogP contribution in [0.25, 0.3) is 0 Å². The van der Waals surface area contributed by atoms with Gasteiger partial charge < -0.3 is 11.1 Å². The molecule has 0 saturated carbocycles. The Labute approximate surface area is 117 Å². The quantitative estimate of drug-likeness (QED) is 0.816. The Morgan fingerprint density at radius 2 is 2.00 bits per heavy atom. The lowest BCUT2D eigenvalue weighted by molar-refractivity contribution is 0.0936. The number of carbonyl (C=O) groups is 1. The molecule has 100 valence electrons. The lowest BCUT2D eigenvalue weighted by atomic mass is 10.0. The van der Waals surface area contributed by atoms with Crippen LogP contribution in [0.1, 0.15) is 44.0 Å². The number of hydrogen-bond acceptors (Lipinski definition) is 2. The van der Waals surface area contributed by atoms with E-state index in [0.717, 1.165) is 12.8 Å². The summed E-state index contributed by atoms with van der Waals surface area (Å²) in [7, 11) is 0. The summed E-state index contributed by atoms with van der Waals surface area (Å²) in [5.74, 6) is 0.578. The summed E-state index contributed by atoms with van der Waals surface area (Å²) in [6, 6.07) is 5.50. The largest absolute Gasteiger partial charge is 0.398 e. The Morgan fingerprint density at radius 1 is 1.33 bits per heavy atom. The minimum absolute atomic E-state index is 0.0783. The summed E-state index contributed by atoms with van der Waals surface area (Å²) in [5, 5.41) is 3.00. The van der Waals surface area contributed by atoms with Gasteiger partial charge in [0.15, 0.2) is 0 Å². The molecule has 0 radical (unpaired) electrons. The van der Waals surface area contributed by atoms with Crippen molar-refractivity contribution in [3.8, 4) is 0 Å². The number of benzene rings is 1. The van der Waals surface area contributed by atoms with Crippen molar-refractivity contribution in [2.45, 2.75) is 39.7 Å². The van der Waals surface area contributed by atoms with Crippen molar-refractivity contribution in [2.24, 2.45) is 5.92 Å². The molecule has 0 spiro atoms. The van der Waals surface area contributed by atoms with E-state index < -0.39 is 0 Å². The van der Waals surface area contributed by atoms with Gasteiger partial charge in [-0.1, -0.05) is 19.9 Å². The zero-order valence-corrected chi connectivity index (χ0v) is 12.8. The minimum Gasteiger partial charge on any atom is -0.398 e. The second-order valence-corrected chi connectivity index (χ2v) is 5.85. The molecule has 1 unspecified atom stereocenters. The molecule has 0 saturated heterocycles. The van der Waals surface area contributed by atoms with Crippen LogP contribution in [0.2, 0.25) is 0 Å². The smallest absolute Gasteiger partial charge is 0.252 e. The van der Waals surface area contributed by atoms with Crippen LogP contribution in [0.15, 0.2) is 22.7 Å². The van der Waals surface area contributed by atoms with E-state index in [9.17, 15) is 4.79 Å². The molecule has 4 heteroatoms. The molecular weight excluding hydrogens is 292 g/mol. The maximum Gasteiger partial charge on any atom is 0.252 e. The third-order valence-corrected chi connectivity index (χ3v) is 3.71. The number of carbonyl (C=O) groups excluding carboxylic acids is 1. The molecule has 1 aromatic rings. The lowest BCUT2D eigenvalue weighted by Gasteiger charge is -2.16. The van der Waals surface area contributed by atoms with Gasteiger partial charge in [0, 0.05) is 11.7 Å². The van der Waals surface area contributed by atoms with E-state index in [1.54, 1.807) is 18.2 Å². The van der Waals surface area contributed by atoms with Gasteiger partial charge in [-0.2, -0.15) is 0 Å². The number of nitrogens with one attached hydrogen (secondary N) is 1. The summed E-state index contributed by atoms with van der Waals surface area (Å²) >= 11 is 3.35. The molecule has 1 atom stereocenters. The van der Waals surface area contributed by atoms with Crippen molar-refractivity contribution in [1.29, 1.82) is 0 Å². The molecule has 3 nitrogen and oxygen atoms in total. The van der Waals surface area contributed by atoms with Crippen LogP contribution in [-0.2, 0) is 0 Å². The van der Waals surface area contributed by atoms with E-state index in [1.165, 1.54) is 0 Å². The number of hydrogen-bond donors (Lipinski definition) is 2. The highest BCUT2D eigenvalue weighted by Gasteiger charge is 2.14. The molecule has 0 aliphatic rings. The molecule has 0 heterocycles. The van der Waals surface area contributed by atoms with Crippen molar-refractivity contribution < 1.29 is 4.79 Å².